The number of nitrogens with zero attached hydrogens (tertiary/aromatic N) is 2. The Morgan fingerprint density at radius 3 is 2.75 bits per heavy atom. The van der Waals surface area contributed by atoms with Gasteiger partial charge in [-0.25, -0.2) is 9.97 Å². The van der Waals surface area contributed by atoms with Gasteiger partial charge in [-0.2, -0.15) is 0 Å². The number of rotatable bonds is 4. The highest BCUT2D eigenvalue weighted by atomic mass is 32.2. The lowest BCUT2D eigenvalue weighted by atomic mass is 9.97. The van der Waals surface area contributed by atoms with Crippen molar-refractivity contribution in [3.8, 4) is 0 Å². The van der Waals surface area contributed by atoms with Gasteiger partial charge in [0.15, 0.2) is 0 Å². The minimum Gasteiger partial charge on any atom is -0.545 e. The molecule has 0 atom stereocenters. The van der Waals surface area contributed by atoms with E-state index in [0.717, 1.165) is 34.0 Å². The number of fused-ring (bicyclic) bond motifs is 3. The molecule has 4 rings (SSSR count). The summed E-state index contributed by atoms with van der Waals surface area (Å²) in [6.45, 7) is 0. The fourth-order valence-electron chi connectivity index (χ4n) is 3.06. The summed E-state index contributed by atoms with van der Waals surface area (Å²) in [6, 6.07) is 6.85. The SMILES string of the molecule is O=C([O-])c1ccc(CSc2ncnc3sc4c(c23)CCCC4)cc1. The number of thioether (sulfide) groups is 1. The molecule has 0 spiro atoms. The minimum absolute atomic E-state index is 0.208. The van der Waals surface area contributed by atoms with Crippen LogP contribution in [0.4, 0.5) is 0 Å². The molecule has 24 heavy (non-hydrogen) atoms. The van der Waals surface area contributed by atoms with Crippen LogP contribution in [0.15, 0.2) is 35.6 Å². The van der Waals surface area contributed by atoms with E-state index in [1.54, 1.807) is 41.6 Å². The molecule has 0 saturated heterocycles. The second-order valence-corrected chi connectivity index (χ2v) is 7.89. The van der Waals surface area contributed by atoms with Gasteiger partial charge in [0.2, 0.25) is 0 Å². The molecule has 6 heteroatoms. The van der Waals surface area contributed by atoms with Crippen LogP contribution >= 0.6 is 23.1 Å². The number of carboxylic acids is 1. The van der Waals surface area contributed by atoms with Crippen LogP contribution < -0.4 is 5.11 Å². The monoisotopic (exact) mass is 355 g/mol. The van der Waals surface area contributed by atoms with Gasteiger partial charge in [0.05, 0.1) is 5.97 Å². The number of aryl methyl sites for hydroxylation is 2. The largest absolute Gasteiger partial charge is 0.545 e. The van der Waals surface area contributed by atoms with Crippen LogP contribution in [0.2, 0.25) is 0 Å². The Kier molecular flexibility index (Phi) is 4.24. The molecule has 0 amide bonds. The second-order valence-electron chi connectivity index (χ2n) is 5.84. The molecule has 3 aromatic rings. The zero-order valence-corrected chi connectivity index (χ0v) is 14.6. The molecule has 0 saturated carbocycles. The van der Waals surface area contributed by atoms with Gasteiger partial charge in [-0.05, 0) is 42.4 Å². The summed E-state index contributed by atoms with van der Waals surface area (Å²) < 4.78 is 0. The number of hydrogen-bond acceptors (Lipinski definition) is 6. The summed E-state index contributed by atoms with van der Waals surface area (Å²) in [5, 5.41) is 13.1. The second kappa shape index (κ2) is 6.53. The molecule has 0 bridgehead atoms. The average Bonchev–Trinajstić information content (AvgIpc) is 2.99. The van der Waals surface area contributed by atoms with Crippen LogP contribution in [-0.4, -0.2) is 15.9 Å². The fourth-order valence-corrected chi connectivity index (χ4v) is 5.33. The minimum atomic E-state index is -1.14. The van der Waals surface area contributed by atoms with Crippen LogP contribution in [0.25, 0.3) is 10.2 Å². The number of carbonyl (C=O) groups excluding carboxylic acids is 1. The van der Waals surface area contributed by atoms with Gasteiger partial charge in [0, 0.05) is 16.0 Å². The van der Waals surface area contributed by atoms with Crippen LogP contribution in [0.3, 0.4) is 0 Å². The normalized spacial score (nSPS) is 13.8. The van der Waals surface area contributed by atoms with Crippen molar-refractivity contribution in [2.75, 3.05) is 0 Å². The summed E-state index contributed by atoms with van der Waals surface area (Å²) in [7, 11) is 0. The first-order valence-corrected chi connectivity index (χ1v) is 9.71. The van der Waals surface area contributed by atoms with Gasteiger partial charge in [0.1, 0.15) is 16.2 Å². The molecular weight excluding hydrogens is 340 g/mol. The first-order valence-electron chi connectivity index (χ1n) is 7.90. The molecule has 0 unspecified atom stereocenters. The predicted molar refractivity (Wildman–Crippen MR) is 94.4 cm³/mol. The van der Waals surface area contributed by atoms with Crippen molar-refractivity contribution in [3.63, 3.8) is 0 Å². The molecule has 122 valence electrons. The van der Waals surface area contributed by atoms with E-state index < -0.39 is 5.97 Å². The quantitative estimate of drug-likeness (QED) is 0.531. The molecule has 1 aromatic carbocycles. The van der Waals surface area contributed by atoms with Crippen LogP contribution in [0.1, 0.15) is 39.2 Å². The Bertz CT molecular complexity index is 903. The Balaban J connectivity index is 1.60. The van der Waals surface area contributed by atoms with Crippen LogP contribution in [-0.2, 0) is 18.6 Å². The molecule has 1 aliphatic rings. The van der Waals surface area contributed by atoms with E-state index in [1.807, 2.05) is 12.1 Å². The maximum atomic E-state index is 10.8. The topological polar surface area (TPSA) is 65.9 Å². The summed E-state index contributed by atoms with van der Waals surface area (Å²) in [4.78, 5) is 22.3. The highest BCUT2D eigenvalue weighted by Crippen LogP contribution is 2.39. The number of benzene rings is 1. The first kappa shape index (κ1) is 15.6. The van der Waals surface area contributed by atoms with Crippen molar-refractivity contribution in [1.29, 1.82) is 0 Å². The Morgan fingerprint density at radius 2 is 1.96 bits per heavy atom. The summed E-state index contributed by atoms with van der Waals surface area (Å²) in [5.74, 6) is -0.388. The van der Waals surface area contributed by atoms with Gasteiger partial charge in [-0.15, -0.1) is 23.1 Å². The molecule has 1 aliphatic carbocycles. The molecule has 0 radical (unpaired) electrons. The summed E-state index contributed by atoms with van der Waals surface area (Å²) in [5.41, 5.74) is 2.72. The van der Waals surface area contributed by atoms with Crippen molar-refractivity contribution in [1.82, 2.24) is 9.97 Å². The number of aromatic nitrogens is 2. The lowest BCUT2D eigenvalue weighted by molar-refractivity contribution is -0.255. The van der Waals surface area contributed by atoms with E-state index in [2.05, 4.69) is 9.97 Å². The van der Waals surface area contributed by atoms with Crippen molar-refractivity contribution in [2.45, 2.75) is 36.5 Å². The van der Waals surface area contributed by atoms with Crippen LogP contribution in [0, 0.1) is 0 Å². The Labute approximate surface area is 148 Å². The van der Waals surface area contributed by atoms with Crippen molar-refractivity contribution < 1.29 is 9.90 Å². The first-order chi connectivity index (χ1) is 11.7. The third kappa shape index (κ3) is 2.91. The van der Waals surface area contributed by atoms with Gasteiger partial charge >= 0.3 is 0 Å². The lowest BCUT2D eigenvalue weighted by Crippen LogP contribution is -2.21. The highest BCUT2D eigenvalue weighted by molar-refractivity contribution is 7.98. The lowest BCUT2D eigenvalue weighted by Gasteiger charge is -2.11. The highest BCUT2D eigenvalue weighted by Gasteiger charge is 2.19. The molecule has 2 aromatic heterocycles. The van der Waals surface area contributed by atoms with E-state index in [9.17, 15) is 9.90 Å². The molecule has 4 nitrogen and oxygen atoms in total. The third-order valence-electron chi connectivity index (χ3n) is 4.28. The molecule has 0 fully saturated rings. The molecule has 2 heterocycles. The number of hydrogen-bond donors (Lipinski definition) is 0. The summed E-state index contributed by atoms with van der Waals surface area (Å²) in [6.07, 6.45) is 6.43. The summed E-state index contributed by atoms with van der Waals surface area (Å²) >= 11 is 3.49. The van der Waals surface area contributed by atoms with Gasteiger partial charge in [-0.3, -0.25) is 0 Å². The van der Waals surface area contributed by atoms with E-state index in [0.29, 0.717) is 0 Å². The Morgan fingerprint density at radius 1 is 1.17 bits per heavy atom. The third-order valence-corrected chi connectivity index (χ3v) is 6.54. The van der Waals surface area contributed by atoms with Crippen molar-refractivity contribution in [2.24, 2.45) is 0 Å². The molecular formula is C18H15N2O2S2-. The van der Waals surface area contributed by atoms with Gasteiger partial charge in [0.25, 0.3) is 0 Å². The molecule has 0 aliphatic heterocycles. The average molecular weight is 355 g/mol. The number of carbonyl (C=O) groups is 1. The van der Waals surface area contributed by atoms with Crippen molar-refractivity contribution >= 4 is 39.3 Å². The van der Waals surface area contributed by atoms with E-state index in [4.69, 9.17) is 0 Å². The number of aromatic carboxylic acids is 1. The van der Waals surface area contributed by atoms with E-state index in [1.165, 1.54) is 28.7 Å². The van der Waals surface area contributed by atoms with Crippen molar-refractivity contribution in [3.05, 3.63) is 52.2 Å². The standard InChI is InChI=1S/C18H16N2O2S2/c21-18(22)12-7-5-11(6-8-12)9-23-16-15-13-3-1-2-4-14(13)24-17(15)20-10-19-16/h5-8,10H,1-4,9H2,(H,21,22)/p-1. The van der Waals surface area contributed by atoms with E-state index >= 15 is 0 Å². The predicted octanol–water partition coefficient (Wildman–Crippen LogP) is 3.23. The maximum absolute atomic E-state index is 10.8. The number of carboxylic acid groups (broad SMARTS) is 1. The van der Waals surface area contributed by atoms with Crippen LogP contribution in [0.5, 0.6) is 0 Å². The molecule has 0 N–H and O–H groups in total. The number of thiophene rings is 1. The zero-order chi connectivity index (χ0) is 16.5. The fraction of sp³-hybridized carbons (Fsp3) is 0.278. The smallest absolute Gasteiger partial charge is 0.128 e. The zero-order valence-electron chi connectivity index (χ0n) is 12.9. The van der Waals surface area contributed by atoms with Gasteiger partial charge in [-0.1, -0.05) is 24.3 Å². The Hall–Kier alpha value is -1.92. The van der Waals surface area contributed by atoms with Gasteiger partial charge < -0.3 is 9.90 Å². The van der Waals surface area contributed by atoms with E-state index in [-0.39, 0.29) is 5.56 Å². The maximum Gasteiger partial charge on any atom is 0.128 e.